The highest BCUT2D eigenvalue weighted by Gasteiger charge is 2.34. The van der Waals surface area contributed by atoms with Crippen LogP contribution in [0.3, 0.4) is 0 Å². The lowest BCUT2D eigenvalue weighted by Gasteiger charge is -2.24. The van der Waals surface area contributed by atoms with Crippen LogP contribution in [0.5, 0.6) is 0 Å². The number of hydrogen-bond donors (Lipinski definition) is 1. The lowest BCUT2D eigenvalue weighted by molar-refractivity contribution is -0.118. The fraction of sp³-hybridized carbons (Fsp3) is 0.533. The molecule has 0 spiro atoms. The Kier molecular flexibility index (Phi) is 4.26. The Morgan fingerprint density at radius 3 is 2.67 bits per heavy atom. The molecule has 1 fully saturated rings. The molecule has 0 bridgehead atoms. The molecule has 1 atom stereocenters. The molecule has 21 heavy (non-hydrogen) atoms. The highest BCUT2D eigenvalue weighted by molar-refractivity contribution is 8.00. The zero-order valence-electron chi connectivity index (χ0n) is 11.7. The summed E-state index contributed by atoms with van der Waals surface area (Å²) in [5, 5.41) is -0.809. The van der Waals surface area contributed by atoms with Crippen LogP contribution in [0.15, 0.2) is 24.3 Å². The molecule has 1 aromatic rings. The van der Waals surface area contributed by atoms with E-state index in [1.165, 1.54) is 11.8 Å². The van der Waals surface area contributed by atoms with Crippen LogP contribution in [0.25, 0.3) is 0 Å². The maximum absolute atomic E-state index is 12.4. The van der Waals surface area contributed by atoms with Gasteiger partial charge in [-0.2, -0.15) is 0 Å². The maximum atomic E-state index is 12.4. The van der Waals surface area contributed by atoms with Crippen LogP contribution >= 0.6 is 11.8 Å². The molecular formula is C15H19NO3S2. The molecule has 0 aromatic heterocycles. The van der Waals surface area contributed by atoms with Crippen LogP contribution in [-0.4, -0.2) is 25.3 Å². The number of thioether (sulfide) groups is 1. The second-order valence-electron chi connectivity index (χ2n) is 5.62. The summed E-state index contributed by atoms with van der Waals surface area (Å²) in [5.41, 5.74) is 2.10. The maximum Gasteiger partial charge on any atom is 0.251 e. The van der Waals surface area contributed by atoms with Gasteiger partial charge in [-0.3, -0.25) is 9.52 Å². The van der Waals surface area contributed by atoms with Crippen LogP contribution in [-0.2, 0) is 21.2 Å². The largest absolute Gasteiger partial charge is 0.272 e. The number of aryl methyl sites for hydroxylation is 1. The van der Waals surface area contributed by atoms with E-state index in [1.54, 1.807) is 0 Å². The van der Waals surface area contributed by atoms with Crippen molar-refractivity contribution in [3.63, 3.8) is 0 Å². The third-order valence-electron chi connectivity index (χ3n) is 4.22. The smallest absolute Gasteiger partial charge is 0.251 e. The van der Waals surface area contributed by atoms with Gasteiger partial charge in [0.05, 0.1) is 5.25 Å². The molecule has 1 aromatic carbocycles. The quantitative estimate of drug-likeness (QED) is 0.927. The average molecular weight is 325 g/mol. The summed E-state index contributed by atoms with van der Waals surface area (Å²) in [4.78, 5) is 12.4. The molecule has 114 valence electrons. The second-order valence-corrected chi connectivity index (χ2v) is 8.79. The molecule has 2 aliphatic rings. The molecule has 6 heteroatoms. The predicted molar refractivity (Wildman–Crippen MR) is 84.7 cm³/mol. The van der Waals surface area contributed by atoms with E-state index in [0.29, 0.717) is 12.8 Å². The summed E-state index contributed by atoms with van der Waals surface area (Å²) in [7, 11) is -3.52. The van der Waals surface area contributed by atoms with Crippen LogP contribution in [0.2, 0.25) is 0 Å². The average Bonchev–Trinajstić information content (AvgIpc) is 3.01. The monoisotopic (exact) mass is 325 g/mol. The van der Waals surface area contributed by atoms with Crippen molar-refractivity contribution in [2.75, 3.05) is 5.75 Å². The molecule has 1 amide bonds. The Morgan fingerprint density at radius 2 is 1.90 bits per heavy atom. The van der Waals surface area contributed by atoms with Gasteiger partial charge in [0, 0.05) is 0 Å². The minimum absolute atomic E-state index is 0.390. The highest BCUT2D eigenvalue weighted by atomic mass is 32.2. The van der Waals surface area contributed by atoms with Gasteiger partial charge in [-0.05, 0) is 36.1 Å². The summed E-state index contributed by atoms with van der Waals surface area (Å²) in [5.74, 6) is 0.456. The summed E-state index contributed by atoms with van der Waals surface area (Å²) in [6.45, 7) is 0. The van der Waals surface area contributed by atoms with Crippen molar-refractivity contribution in [3.8, 4) is 0 Å². The van der Waals surface area contributed by atoms with E-state index in [4.69, 9.17) is 0 Å². The Labute approximate surface area is 129 Å². The van der Waals surface area contributed by atoms with Gasteiger partial charge in [-0.15, -0.1) is 11.8 Å². The van der Waals surface area contributed by atoms with Crippen molar-refractivity contribution >= 4 is 27.7 Å². The number of carbonyl (C=O) groups is 1. The number of sulfonamides is 1. The standard InChI is InChI=1S/C15H19NO3S2/c17-15(16-21(18,19)12-6-2-3-7-12)14-13-8-4-1-5-11(13)9-10-20-14/h1,4-5,8,12,14H,2-3,6-7,9-10H2,(H,16,17)/t14-/m0/s1. The number of carbonyl (C=O) groups excluding carboxylic acids is 1. The van der Waals surface area contributed by atoms with Gasteiger partial charge in [-0.1, -0.05) is 37.1 Å². The van der Waals surface area contributed by atoms with E-state index in [1.807, 2.05) is 24.3 Å². The van der Waals surface area contributed by atoms with Gasteiger partial charge in [-0.25, -0.2) is 8.42 Å². The van der Waals surface area contributed by atoms with Crippen molar-refractivity contribution in [1.82, 2.24) is 4.72 Å². The predicted octanol–water partition coefficient (Wildman–Crippen LogP) is 2.41. The SMILES string of the molecule is O=C(NS(=O)(=O)C1CCCC1)[C@H]1SCCc2ccccc21. The molecule has 0 saturated heterocycles. The first-order chi connectivity index (χ1) is 10.1. The molecular weight excluding hydrogens is 306 g/mol. The van der Waals surface area contributed by atoms with Crippen molar-refractivity contribution in [2.45, 2.75) is 42.6 Å². The van der Waals surface area contributed by atoms with E-state index >= 15 is 0 Å². The van der Waals surface area contributed by atoms with E-state index in [-0.39, 0.29) is 5.91 Å². The molecule has 0 radical (unpaired) electrons. The third-order valence-corrected chi connectivity index (χ3v) is 7.29. The van der Waals surface area contributed by atoms with Crippen molar-refractivity contribution in [1.29, 1.82) is 0 Å². The lowest BCUT2D eigenvalue weighted by atomic mass is 10.0. The molecule has 3 rings (SSSR count). The third kappa shape index (κ3) is 3.11. The summed E-state index contributed by atoms with van der Waals surface area (Å²) < 4.78 is 26.8. The van der Waals surface area contributed by atoms with Gasteiger partial charge in [0.15, 0.2) is 0 Å². The van der Waals surface area contributed by atoms with Crippen molar-refractivity contribution in [2.24, 2.45) is 0 Å². The van der Waals surface area contributed by atoms with Gasteiger partial charge < -0.3 is 0 Å². The summed E-state index contributed by atoms with van der Waals surface area (Å²) in [6.07, 6.45) is 4.12. The number of amides is 1. The minimum atomic E-state index is -3.52. The first-order valence-electron chi connectivity index (χ1n) is 7.33. The van der Waals surface area contributed by atoms with Crippen LogP contribution < -0.4 is 4.72 Å². The zero-order chi connectivity index (χ0) is 14.9. The van der Waals surface area contributed by atoms with E-state index in [9.17, 15) is 13.2 Å². The van der Waals surface area contributed by atoms with Crippen LogP contribution in [0, 0.1) is 0 Å². The number of hydrogen-bond acceptors (Lipinski definition) is 4. The molecule has 1 saturated carbocycles. The van der Waals surface area contributed by atoms with Gasteiger partial charge >= 0.3 is 0 Å². The summed E-state index contributed by atoms with van der Waals surface area (Å²) in [6, 6.07) is 7.80. The van der Waals surface area contributed by atoms with E-state index in [2.05, 4.69) is 4.72 Å². The van der Waals surface area contributed by atoms with Crippen LogP contribution in [0.4, 0.5) is 0 Å². The van der Waals surface area contributed by atoms with Crippen molar-refractivity contribution < 1.29 is 13.2 Å². The van der Waals surface area contributed by atoms with Crippen LogP contribution in [0.1, 0.15) is 42.1 Å². The number of fused-ring (bicyclic) bond motifs is 1. The lowest BCUT2D eigenvalue weighted by Crippen LogP contribution is -2.40. The van der Waals surface area contributed by atoms with Crippen molar-refractivity contribution in [3.05, 3.63) is 35.4 Å². The second kappa shape index (κ2) is 6.01. The fourth-order valence-corrected chi connectivity index (χ4v) is 5.87. The van der Waals surface area contributed by atoms with E-state index in [0.717, 1.165) is 36.1 Å². The number of rotatable bonds is 3. The Hall–Kier alpha value is -1.01. The molecule has 1 N–H and O–H groups in total. The molecule has 4 nitrogen and oxygen atoms in total. The zero-order valence-corrected chi connectivity index (χ0v) is 13.4. The van der Waals surface area contributed by atoms with Gasteiger partial charge in [0.1, 0.15) is 5.25 Å². The Morgan fingerprint density at radius 1 is 1.19 bits per heavy atom. The van der Waals surface area contributed by atoms with Gasteiger partial charge in [0.25, 0.3) is 5.91 Å². The molecule has 0 unspecified atom stereocenters. The first-order valence-corrected chi connectivity index (χ1v) is 9.92. The number of benzene rings is 1. The topological polar surface area (TPSA) is 63.2 Å². The van der Waals surface area contributed by atoms with E-state index < -0.39 is 20.5 Å². The Bertz CT molecular complexity index is 636. The minimum Gasteiger partial charge on any atom is -0.272 e. The number of nitrogens with one attached hydrogen (secondary N) is 1. The normalized spacial score (nSPS) is 22.8. The van der Waals surface area contributed by atoms with Gasteiger partial charge in [0.2, 0.25) is 10.0 Å². The molecule has 1 aliphatic carbocycles. The molecule has 1 aliphatic heterocycles. The first kappa shape index (κ1) is 14.9. The fourth-order valence-electron chi connectivity index (χ4n) is 3.09. The molecule has 1 heterocycles. The highest BCUT2D eigenvalue weighted by Crippen LogP contribution is 2.37. The Balaban J connectivity index is 1.77. The summed E-state index contributed by atoms with van der Waals surface area (Å²) >= 11 is 1.52.